The Bertz CT molecular complexity index is 600. The molecule has 1 aromatic carbocycles. The predicted molar refractivity (Wildman–Crippen MR) is 117 cm³/mol. The van der Waals surface area contributed by atoms with Gasteiger partial charge in [-0.05, 0) is 25.0 Å². The fourth-order valence-corrected chi connectivity index (χ4v) is 3.81. The van der Waals surface area contributed by atoms with Crippen LogP contribution in [0.2, 0.25) is 0 Å². The summed E-state index contributed by atoms with van der Waals surface area (Å²) in [7, 11) is 0. The van der Waals surface area contributed by atoms with Crippen LogP contribution in [-0.4, -0.2) is 23.3 Å². The molecule has 1 heterocycles. The molecule has 0 saturated carbocycles. The summed E-state index contributed by atoms with van der Waals surface area (Å²) in [6.45, 7) is 2.65. The van der Waals surface area contributed by atoms with E-state index in [2.05, 4.69) is 13.0 Å². The number of carbonyl (C=O) groups is 2. The van der Waals surface area contributed by atoms with Crippen molar-refractivity contribution < 1.29 is 9.59 Å². The van der Waals surface area contributed by atoms with Crippen molar-refractivity contribution in [2.75, 3.05) is 6.54 Å². The lowest BCUT2D eigenvalue weighted by Gasteiger charge is -2.10. The fourth-order valence-electron chi connectivity index (χ4n) is 3.81. The molecule has 2 rings (SSSR count). The maximum absolute atomic E-state index is 12.3. The molecule has 1 aliphatic rings. The van der Waals surface area contributed by atoms with Crippen molar-refractivity contribution in [3.05, 3.63) is 47.5 Å². The van der Waals surface area contributed by atoms with E-state index in [0.717, 1.165) is 6.42 Å². The van der Waals surface area contributed by atoms with Crippen molar-refractivity contribution in [2.24, 2.45) is 0 Å². The Labute approximate surface area is 171 Å². The van der Waals surface area contributed by atoms with E-state index in [1.54, 1.807) is 24.3 Å². The topological polar surface area (TPSA) is 37.4 Å². The molecule has 154 valence electrons. The van der Waals surface area contributed by atoms with Crippen LogP contribution in [0.1, 0.15) is 111 Å². The molecule has 0 N–H and O–H groups in total. The van der Waals surface area contributed by atoms with Crippen molar-refractivity contribution in [2.45, 2.75) is 90.4 Å². The Morgan fingerprint density at radius 3 is 1.64 bits per heavy atom. The minimum atomic E-state index is -0.171. The summed E-state index contributed by atoms with van der Waals surface area (Å²) in [5, 5.41) is 0. The Morgan fingerprint density at radius 1 is 0.679 bits per heavy atom. The van der Waals surface area contributed by atoms with Crippen LogP contribution in [-0.2, 0) is 0 Å². The maximum Gasteiger partial charge on any atom is 0.261 e. The standard InChI is InChI=1S/C25H37NO2/c1-2-3-4-5-6-7-8-9-10-11-12-13-14-15-18-21-26-24(27)22-19-16-17-20-23(22)25(26)28/h15-20H,2-14,21H2,1H3/b18-15-. The lowest BCUT2D eigenvalue weighted by Crippen LogP contribution is -2.29. The minimum Gasteiger partial charge on any atom is -0.270 e. The second-order valence-electron chi connectivity index (χ2n) is 7.92. The molecule has 0 spiro atoms. The van der Waals surface area contributed by atoms with Gasteiger partial charge in [0.25, 0.3) is 11.8 Å². The van der Waals surface area contributed by atoms with Gasteiger partial charge in [0.2, 0.25) is 0 Å². The van der Waals surface area contributed by atoms with Crippen LogP contribution in [0.15, 0.2) is 36.4 Å². The van der Waals surface area contributed by atoms with E-state index >= 15 is 0 Å². The van der Waals surface area contributed by atoms with Crippen LogP contribution in [0.5, 0.6) is 0 Å². The molecule has 2 amide bonds. The number of hydrogen-bond acceptors (Lipinski definition) is 2. The zero-order valence-corrected chi connectivity index (χ0v) is 17.6. The molecule has 0 fully saturated rings. The molecule has 0 atom stereocenters. The molecule has 0 radical (unpaired) electrons. The monoisotopic (exact) mass is 383 g/mol. The Hall–Kier alpha value is -1.90. The summed E-state index contributed by atoms with van der Waals surface area (Å²) in [5.74, 6) is -0.341. The van der Waals surface area contributed by atoms with Gasteiger partial charge >= 0.3 is 0 Å². The highest BCUT2D eigenvalue weighted by atomic mass is 16.2. The first kappa shape index (κ1) is 22.4. The van der Waals surface area contributed by atoms with Gasteiger partial charge in [-0.3, -0.25) is 14.5 Å². The average Bonchev–Trinajstić information content (AvgIpc) is 2.96. The molecular weight excluding hydrogens is 346 g/mol. The number of allylic oxidation sites excluding steroid dienone is 1. The highest BCUT2D eigenvalue weighted by Crippen LogP contribution is 2.22. The zero-order chi connectivity index (χ0) is 20.0. The highest BCUT2D eigenvalue weighted by molar-refractivity contribution is 6.21. The van der Waals surface area contributed by atoms with Crippen molar-refractivity contribution >= 4 is 11.8 Å². The number of imide groups is 1. The summed E-state index contributed by atoms with van der Waals surface area (Å²) in [4.78, 5) is 25.9. The summed E-state index contributed by atoms with van der Waals surface area (Å²) >= 11 is 0. The first-order chi connectivity index (χ1) is 13.8. The first-order valence-electron chi connectivity index (χ1n) is 11.4. The van der Waals surface area contributed by atoms with Gasteiger partial charge in [0, 0.05) is 6.54 Å². The molecular formula is C25H37NO2. The quantitative estimate of drug-likeness (QED) is 0.187. The molecule has 1 aliphatic heterocycles. The molecule has 0 saturated heterocycles. The van der Waals surface area contributed by atoms with Crippen molar-refractivity contribution in [3.63, 3.8) is 0 Å². The SMILES string of the molecule is CCCCCCCCCCCCCC/C=C\CN1C(=O)c2ccccc2C1=O. The molecule has 28 heavy (non-hydrogen) atoms. The summed E-state index contributed by atoms with van der Waals surface area (Å²) in [6.07, 6.45) is 21.4. The van der Waals surface area contributed by atoms with Crippen LogP contribution in [0.3, 0.4) is 0 Å². The summed E-state index contributed by atoms with van der Waals surface area (Å²) < 4.78 is 0. The molecule has 3 heteroatoms. The van der Waals surface area contributed by atoms with Gasteiger partial charge in [-0.1, -0.05) is 102 Å². The third-order valence-electron chi connectivity index (χ3n) is 5.56. The number of benzene rings is 1. The largest absolute Gasteiger partial charge is 0.270 e. The maximum atomic E-state index is 12.3. The van der Waals surface area contributed by atoms with Crippen LogP contribution in [0.25, 0.3) is 0 Å². The zero-order valence-electron chi connectivity index (χ0n) is 17.6. The van der Waals surface area contributed by atoms with Crippen LogP contribution in [0, 0.1) is 0 Å². The second-order valence-corrected chi connectivity index (χ2v) is 7.92. The van der Waals surface area contributed by atoms with Crippen molar-refractivity contribution in [1.29, 1.82) is 0 Å². The van der Waals surface area contributed by atoms with Gasteiger partial charge in [0.15, 0.2) is 0 Å². The summed E-state index contributed by atoms with van der Waals surface area (Å²) in [6, 6.07) is 7.06. The van der Waals surface area contributed by atoms with Crippen LogP contribution < -0.4 is 0 Å². The van der Waals surface area contributed by atoms with Crippen molar-refractivity contribution in [3.8, 4) is 0 Å². The smallest absolute Gasteiger partial charge is 0.261 e. The Morgan fingerprint density at radius 2 is 1.14 bits per heavy atom. The van der Waals surface area contributed by atoms with Crippen LogP contribution >= 0.6 is 0 Å². The summed E-state index contributed by atoms with van der Waals surface area (Å²) in [5.41, 5.74) is 1.06. The van der Waals surface area contributed by atoms with E-state index in [1.807, 2.05) is 6.08 Å². The van der Waals surface area contributed by atoms with E-state index in [-0.39, 0.29) is 11.8 Å². The Kier molecular flexibility index (Phi) is 10.6. The van der Waals surface area contributed by atoms with Gasteiger partial charge < -0.3 is 0 Å². The molecule has 0 unspecified atom stereocenters. The minimum absolute atomic E-state index is 0.171. The number of nitrogens with zero attached hydrogens (tertiary/aromatic N) is 1. The lowest BCUT2D eigenvalue weighted by atomic mass is 10.0. The number of hydrogen-bond donors (Lipinski definition) is 0. The molecule has 0 bridgehead atoms. The highest BCUT2D eigenvalue weighted by Gasteiger charge is 2.33. The molecule has 0 aromatic heterocycles. The van der Waals surface area contributed by atoms with Gasteiger partial charge in [-0.2, -0.15) is 0 Å². The van der Waals surface area contributed by atoms with Gasteiger partial charge in [-0.15, -0.1) is 0 Å². The van der Waals surface area contributed by atoms with E-state index in [1.165, 1.54) is 81.9 Å². The Balaban J connectivity index is 1.45. The fraction of sp³-hybridized carbons (Fsp3) is 0.600. The average molecular weight is 384 g/mol. The van der Waals surface area contributed by atoms with E-state index < -0.39 is 0 Å². The number of fused-ring (bicyclic) bond motifs is 1. The number of unbranched alkanes of at least 4 members (excludes halogenated alkanes) is 12. The third kappa shape index (κ3) is 7.26. The van der Waals surface area contributed by atoms with Crippen LogP contribution in [0.4, 0.5) is 0 Å². The molecule has 1 aromatic rings. The third-order valence-corrected chi connectivity index (χ3v) is 5.56. The number of rotatable bonds is 15. The van der Waals surface area contributed by atoms with E-state index in [4.69, 9.17) is 0 Å². The number of amides is 2. The van der Waals surface area contributed by atoms with Gasteiger partial charge in [0.1, 0.15) is 0 Å². The van der Waals surface area contributed by atoms with E-state index in [0.29, 0.717) is 17.7 Å². The normalized spacial score (nSPS) is 13.7. The molecule has 0 aliphatic carbocycles. The van der Waals surface area contributed by atoms with E-state index in [9.17, 15) is 9.59 Å². The lowest BCUT2D eigenvalue weighted by molar-refractivity contribution is 0.0672. The number of carbonyl (C=O) groups excluding carboxylic acids is 2. The first-order valence-corrected chi connectivity index (χ1v) is 11.4. The van der Waals surface area contributed by atoms with Gasteiger partial charge in [0.05, 0.1) is 11.1 Å². The predicted octanol–water partition coefficient (Wildman–Crippen LogP) is 6.93. The van der Waals surface area contributed by atoms with Crippen molar-refractivity contribution in [1.82, 2.24) is 4.90 Å². The molecule has 3 nitrogen and oxygen atoms in total. The second kappa shape index (κ2) is 13.3. The van der Waals surface area contributed by atoms with Gasteiger partial charge in [-0.25, -0.2) is 0 Å².